The molecule has 0 aliphatic carbocycles. The van der Waals surface area contributed by atoms with Gasteiger partial charge in [-0.15, -0.1) is 0 Å². The molecule has 0 N–H and O–H groups in total. The summed E-state index contributed by atoms with van der Waals surface area (Å²) >= 11 is 0. The first-order valence-corrected chi connectivity index (χ1v) is 6.62. The van der Waals surface area contributed by atoms with Gasteiger partial charge in [-0.3, -0.25) is 4.98 Å². The maximum absolute atomic E-state index is 5.80. The molecule has 0 aromatic carbocycles. The monoisotopic (exact) mass is 250 g/mol. The summed E-state index contributed by atoms with van der Waals surface area (Å²) in [6.45, 7) is 4.96. The van der Waals surface area contributed by atoms with Gasteiger partial charge in [0.25, 0.3) is 0 Å². The van der Waals surface area contributed by atoms with Crippen LogP contribution in [0.25, 0.3) is 0 Å². The van der Waals surface area contributed by atoms with Crippen molar-refractivity contribution in [2.45, 2.75) is 12.8 Å². The van der Waals surface area contributed by atoms with Crippen LogP contribution in [0, 0.1) is 5.92 Å². The highest BCUT2D eigenvalue weighted by atomic mass is 16.5. The van der Waals surface area contributed by atoms with Gasteiger partial charge >= 0.3 is 0 Å². The smallest absolute Gasteiger partial charge is 0.122 e. The molecule has 1 atom stereocenters. The normalized spacial score (nSPS) is 20.8. The molecular formula is C14H22N2O2. The third-order valence-corrected chi connectivity index (χ3v) is 3.35. The topological polar surface area (TPSA) is 34.6 Å². The fourth-order valence-corrected chi connectivity index (χ4v) is 2.36. The van der Waals surface area contributed by atoms with Crippen LogP contribution >= 0.6 is 0 Å². The second-order valence-corrected chi connectivity index (χ2v) is 4.80. The quantitative estimate of drug-likeness (QED) is 0.771. The van der Waals surface area contributed by atoms with Gasteiger partial charge in [0.1, 0.15) is 5.75 Å². The Kier molecular flexibility index (Phi) is 5.42. The number of piperidine rings is 1. The van der Waals surface area contributed by atoms with E-state index in [1.54, 1.807) is 19.5 Å². The van der Waals surface area contributed by atoms with Gasteiger partial charge in [-0.05, 0) is 31.5 Å². The Labute approximate surface area is 109 Å². The summed E-state index contributed by atoms with van der Waals surface area (Å²) in [6.07, 6.45) is 6.05. The third kappa shape index (κ3) is 4.27. The summed E-state index contributed by atoms with van der Waals surface area (Å²) in [4.78, 5) is 6.45. The Morgan fingerprint density at radius 2 is 2.22 bits per heavy atom. The van der Waals surface area contributed by atoms with E-state index in [0.717, 1.165) is 32.1 Å². The van der Waals surface area contributed by atoms with E-state index in [2.05, 4.69) is 9.88 Å². The Bertz CT molecular complexity index is 332. The van der Waals surface area contributed by atoms with E-state index in [4.69, 9.17) is 9.47 Å². The summed E-state index contributed by atoms with van der Waals surface area (Å²) in [6, 6.07) is 3.82. The summed E-state index contributed by atoms with van der Waals surface area (Å²) in [5.41, 5.74) is 0. The van der Waals surface area contributed by atoms with E-state index in [0.29, 0.717) is 5.92 Å². The molecule has 100 valence electrons. The Morgan fingerprint density at radius 3 is 3.00 bits per heavy atom. The number of methoxy groups -OCH3 is 1. The fourth-order valence-electron chi connectivity index (χ4n) is 2.36. The lowest BCUT2D eigenvalue weighted by Crippen LogP contribution is -2.39. The number of ether oxygens (including phenoxy) is 2. The van der Waals surface area contributed by atoms with Crippen molar-refractivity contribution in [3.63, 3.8) is 0 Å². The Morgan fingerprint density at radius 1 is 1.39 bits per heavy atom. The number of pyridine rings is 1. The minimum atomic E-state index is 0.628. The first-order valence-electron chi connectivity index (χ1n) is 6.62. The average Bonchev–Trinajstić information content (AvgIpc) is 2.44. The van der Waals surface area contributed by atoms with E-state index in [-0.39, 0.29) is 0 Å². The van der Waals surface area contributed by atoms with Gasteiger partial charge in [0, 0.05) is 38.5 Å². The molecule has 1 aliphatic heterocycles. The minimum absolute atomic E-state index is 0.628. The number of hydrogen-bond acceptors (Lipinski definition) is 4. The number of rotatable bonds is 6. The zero-order valence-corrected chi connectivity index (χ0v) is 11.0. The molecule has 18 heavy (non-hydrogen) atoms. The van der Waals surface area contributed by atoms with Crippen LogP contribution in [-0.4, -0.2) is 49.8 Å². The molecule has 1 aliphatic rings. The van der Waals surface area contributed by atoms with Gasteiger partial charge in [0.05, 0.1) is 13.2 Å². The summed E-state index contributed by atoms with van der Waals surface area (Å²) in [5, 5.41) is 0. The molecule has 0 saturated carbocycles. The zero-order valence-electron chi connectivity index (χ0n) is 11.0. The SMILES string of the molecule is COCCN1CCCC(COc2ccncc2)C1. The molecule has 1 unspecified atom stereocenters. The van der Waals surface area contributed by atoms with Crippen molar-refractivity contribution in [3.05, 3.63) is 24.5 Å². The van der Waals surface area contributed by atoms with Gasteiger partial charge in [-0.2, -0.15) is 0 Å². The van der Waals surface area contributed by atoms with Gasteiger partial charge in [0.15, 0.2) is 0 Å². The average molecular weight is 250 g/mol. The highest BCUT2D eigenvalue weighted by molar-refractivity contribution is 5.16. The molecular weight excluding hydrogens is 228 g/mol. The van der Waals surface area contributed by atoms with Crippen LogP contribution in [-0.2, 0) is 4.74 Å². The second-order valence-electron chi connectivity index (χ2n) is 4.80. The van der Waals surface area contributed by atoms with Crippen molar-refractivity contribution in [1.29, 1.82) is 0 Å². The van der Waals surface area contributed by atoms with Gasteiger partial charge in [-0.25, -0.2) is 0 Å². The maximum Gasteiger partial charge on any atom is 0.122 e. The van der Waals surface area contributed by atoms with Crippen molar-refractivity contribution < 1.29 is 9.47 Å². The molecule has 1 aromatic rings. The lowest BCUT2D eigenvalue weighted by molar-refractivity contribution is 0.0958. The molecule has 2 rings (SSSR count). The largest absolute Gasteiger partial charge is 0.493 e. The van der Waals surface area contributed by atoms with Crippen LogP contribution in [0.5, 0.6) is 5.75 Å². The Balaban J connectivity index is 1.72. The second kappa shape index (κ2) is 7.34. The summed E-state index contributed by atoms with van der Waals surface area (Å²) in [7, 11) is 1.76. The third-order valence-electron chi connectivity index (χ3n) is 3.35. The molecule has 2 heterocycles. The molecule has 4 heteroatoms. The lowest BCUT2D eigenvalue weighted by atomic mass is 9.99. The molecule has 4 nitrogen and oxygen atoms in total. The van der Waals surface area contributed by atoms with Crippen LogP contribution in [0.3, 0.4) is 0 Å². The van der Waals surface area contributed by atoms with Gasteiger partial charge in [0.2, 0.25) is 0 Å². The highest BCUT2D eigenvalue weighted by Crippen LogP contribution is 2.18. The molecule has 0 amide bonds. The van der Waals surface area contributed by atoms with Crippen molar-refractivity contribution in [3.8, 4) is 5.75 Å². The molecule has 0 bridgehead atoms. The number of hydrogen-bond donors (Lipinski definition) is 0. The number of likely N-dealkylation sites (tertiary alicyclic amines) is 1. The molecule has 1 fully saturated rings. The predicted molar refractivity (Wildman–Crippen MR) is 70.8 cm³/mol. The molecule has 0 radical (unpaired) electrons. The summed E-state index contributed by atoms with van der Waals surface area (Å²) < 4.78 is 10.9. The van der Waals surface area contributed by atoms with E-state index < -0.39 is 0 Å². The number of nitrogens with zero attached hydrogens (tertiary/aromatic N) is 2. The zero-order chi connectivity index (χ0) is 12.6. The first-order chi connectivity index (χ1) is 8.88. The highest BCUT2D eigenvalue weighted by Gasteiger charge is 2.19. The van der Waals surface area contributed by atoms with E-state index >= 15 is 0 Å². The standard InChI is InChI=1S/C14H22N2O2/c1-17-10-9-16-8-2-3-13(11-16)12-18-14-4-6-15-7-5-14/h4-7,13H,2-3,8-12H2,1H3. The molecule has 0 spiro atoms. The van der Waals surface area contributed by atoms with Crippen LogP contribution in [0.15, 0.2) is 24.5 Å². The first kappa shape index (κ1) is 13.3. The van der Waals surface area contributed by atoms with Gasteiger partial charge in [-0.1, -0.05) is 0 Å². The fraction of sp³-hybridized carbons (Fsp3) is 0.643. The molecule has 1 aromatic heterocycles. The molecule has 1 saturated heterocycles. The minimum Gasteiger partial charge on any atom is -0.493 e. The van der Waals surface area contributed by atoms with Gasteiger partial charge < -0.3 is 14.4 Å². The Hall–Kier alpha value is -1.13. The van der Waals surface area contributed by atoms with Crippen LogP contribution < -0.4 is 4.74 Å². The van der Waals surface area contributed by atoms with Crippen LogP contribution in [0.2, 0.25) is 0 Å². The number of aromatic nitrogens is 1. The van der Waals surface area contributed by atoms with Crippen molar-refractivity contribution in [2.24, 2.45) is 5.92 Å². The van der Waals surface area contributed by atoms with Crippen LogP contribution in [0.4, 0.5) is 0 Å². The lowest BCUT2D eigenvalue weighted by Gasteiger charge is -2.32. The van der Waals surface area contributed by atoms with Crippen molar-refractivity contribution in [2.75, 3.05) is 40.0 Å². The van der Waals surface area contributed by atoms with Crippen molar-refractivity contribution in [1.82, 2.24) is 9.88 Å². The van der Waals surface area contributed by atoms with Crippen LogP contribution in [0.1, 0.15) is 12.8 Å². The van der Waals surface area contributed by atoms with E-state index in [1.165, 1.54) is 19.4 Å². The van der Waals surface area contributed by atoms with E-state index in [9.17, 15) is 0 Å². The van der Waals surface area contributed by atoms with Crippen molar-refractivity contribution >= 4 is 0 Å². The maximum atomic E-state index is 5.80. The predicted octanol–water partition coefficient (Wildman–Crippen LogP) is 1.82. The van der Waals surface area contributed by atoms with E-state index in [1.807, 2.05) is 12.1 Å². The summed E-state index contributed by atoms with van der Waals surface area (Å²) in [5.74, 6) is 1.54.